The standard InChI is InChI=1S/C18H34N2O/c1-3-4-6-16-7-5-8-17(16)20-18(21)13-14(2)15-9-11-19-12-10-15/h14-17,19H,3-13H2,1-2H3,(H,20,21). The molecule has 21 heavy (non-hydrogen) atoms. The molecular formula is C18H34N2O. The Labute approximate surface area is 130 Å². The lowest BCUT2D eigenvalue weighted by molar-refractivity contribution is -0.123. The molecule has 1 aliphatic carbocycles. The zero-order valence-electron chi connectivity index (χ0n) is 14.0. The molecule has 2 fully saturated rings. The smallest absolute Gasteiger partial charge is 0.220 e. The minimum absolute atomic E-state index is 0.300. The van der Waals surface area contributed by atoms with Crippen molar-refractivity contribution in [3.63, 3.8) is 0 Å². The highest BCUT2D eigenvalue weighted by molar-refractivity contribution is 5.76. The number of amides is 1. The van der Waals surface area contributed by atoms with E-state index in [-0.39, 0.29) is 0 Å². The predicted molar refractivity (Wildman–Crippen MR) is 88.2 cm³/mol. The monoisotopic (exact) mass is 294 g/mol. The lowest BCUT2D eigenvalue weighted by atomic mass is 9.84. The van der Waals surface area contributed by atoms with Gasteiger partial charge in [-0.2, -0.15) is 0 Å². The third kappa shape index (κ3) is 5.28. The van der Waals surface area contributed by atoms with Crippen LogP contribution in [0, 0.1) is 17.8 Å². The molecule has 2 N–H and O–H groups in total. The fourth-order valence-electron chi connectivity index (χ4n) is 4.18. The molecule has 0 spiro atoms. The fourth-order valence-corrected chi connectivity index (χ4v) is 4.18. The Kier molecular flexibility index (Phi) is 7.01. The molecule has 2 rings (SSSR count). The van der Waals surface area contributed by atoms with Gasteiger partial charge in [-0.3, -0.25) is 4.79 Å². The van der Waals surface area contributed by atoms with Crippen molar-refractivity contribution in [2.75, 3.05) is 13.1 Å². The van der Waals surface area contributed by atoms with Crippen LogP contribution in [0.5, 0.6) is 0 Å². The third-order valence-corrected chi connectivity index (χ3v) is 5.63. The summed E-state index contributed by atoms with van der Waals surface area (Å²) in [5.74, 6) is 2.30. The molecule has 1 aliphatic heterocycles. The molecule has 1 saturated carbocycles. The summed E-state index contributed by atoms with van der Waals surface area (Å²) in [5.41, 5.74) is 0. The third-order valence-electron chi connectivity index (χ3n) is 5.63. The van der Waals surface area contributed by atoms with Crippen LogP contribution in [-0.2, 0) is 4.79 Å². The van der Waals surface area contributed by atoms with Crippen molar-refractivity contribution in [3.8, 4) is 0 Å². The molecule has 1 saturated heterocycles. The van der Waals surface area contributed by atoms with Gasteiger partial charge in [0.25, 0.3) is 0 Å². The number of carbonyl (C=O) groups is 1. The number of hydrogen-bond acceptors (Lipinski definition) is 2. The second kappa shape index (κ2) is 8.77. The van der Waals surface area contributed by atoms with E-state index in [1.165, 1.54) is 51.4 Å². The fraction of sp³-hybridized carbons (Fsp3) is 0.944. The zero-order chi connectivity index (χ0) is 15.1. The molecule has 3 unspecified atom stereocenters. The molecule has 1 amide bonds. The van der Waals surface area contributed by atoms with Crippen molar-refractivity contribution < 1.29 is 4.79 Å². The van der Waals surface area contributed by atoms with Crippen LogP contribution in [0.4, 0.5) is 0 Å². The lowest BCUT2D eigenvalue weighted by Crippen LogP contribution is -2.39. The van der Waals surface area contributed by atoms with Crippen LogP contribution < -0.4 is 10.6 Å². The van der Waals surface area contributed by atoms with E-state index in [2.05, 4.69) is 24.5 Å². The molecule has 122 valence electrons. The van der Waals surface area contributed by atoms with Crippen molar-refractivity contribution in [1.29, 1.82) is 0 Å². The van der Waals surface area contributed by atoms with Crippen molar-refractivity contribution in [2.24, 2.45) is 17.8 Å². The Balaban J connectivity index is 1.72. The summed E-state index contributed by atoms with van der Waals surface area (Å²) < 4.78 is 0. The molecule has 3 heteroatoms. The number of carbonyl (C=O) groups excluding carboxylic acids is 1. The largest absolute Gasteiger partial charge is 0.353 e. The Bertz CT molecular complexity index is 312. The highest BCUT2D eigenvalue weighted by Crippen LogP contribution is 2.30. The maximum atomic E-state index is 12.3. The molecular weight excluding hydrogens is 260 g/mol. The van der Waals surface area contributed by atoms with E-state index < -0.39 is 0 Å². The van der Waals surface area contributed by atoms with Crippen molar-refractivity contribution >= 4 is 5.91 Å². The maximum Gasteiger partial charge on any atom is 0.220 e. The first-order chi connectivity index (χ1) is 10.2. The quantitative estimate of drug-likeness (QED) is 0.754. The van der Waals surface area contributed by atoms with Crippen LogP contribution in [0.1, 0.15) is 71.6 Å². The van der Waals surface area contributed by atoms with E-state index >= 15 is 0 Å². The maximum absolute atomic E-state index is 12.3. The Morgan fingerprint density at radius 2 is 2.00 bits per heavy atom. The van der Waals surface area contributed by atoms with Gasteiger partial charge in [0.1, 0.15) is 0 Å². The van der Waals surface area contributed by atoms with E-state index in [1.807, 2.05) is 0 Å². The number of piperidine rings is 1. The minimum atomic E-state index is 0.300. The summed E-state index contributed by atoms with van der Waals surface area (Å²) >= 11 is 0. The number of nitrogens with one attached hydrogen (secondary N) is 2. The van der Waals surface area contributed by atoms with Crippen LogP contribution in [0.2, 0.25) is 0 Å². The van der Waals surface area contributed by atoms with Crippen LogP contribution in [0.15, 0.2) is 0 Å². The second-order valence-corrected chi connectivity index (χ2v) is 7.28. The summed E-state index contributed by atoms with van der Waals surface area (Å²) in [5, 5.41) is 6.76. The van der Waals surface area contributed by atoms with Crippen molar-refractivity contribution in [1.82, 2.24) is 10.6 Å². The molecule has 0 aromatic carbocycles. The number of hydrogen-bond donors (Lipinski definition) is 2. The van der Waals surface area contributed by atoms with Crippen molar-refractivity contribution in [3.05, 3.63) is 0 Å². The Morgan fingerprint density at radius 1 is 1.24 bits per heavy atom. The normalized spacial score (nSPS) is 28.5. The number of rotatable bonds is 7. The van der Waals surface area contributed by atoms with Crippen LogP contribution >= 0.6 is 0 Å². The SMILES string of the molecule is CCCCC1CCCC1NC(=O)CC(C)C1CCNCC1. The van der Waals surface area contributed by atoms with Gasteiger partial charge in [-0.15, -0.1) is 0 Å². The van der Waals surface area contributed by atoms with Gasteiger partial charge in [-0.05, 0) is 62.9 Å². The Hall–Kier alpha value is -0.570. The van der Waals surface area contributed by atoms with Crippen molar-refractivity contribution in [2.45, 2.75) is 77.7 Å². The molecule has 0 radical (unpaired) electrons. The van der Waals surface area contributed by atoms with E-state index in [1.54, 1.807) is 0 Å². The van der Waals surface area contributed by atoms with E-state index in [0.717, 1.165) is 31.3 Å². The van der Waals surface area contributed by atoms with Gasteiger partial charge in [-0.1, -0.05) is 33.1 Å². The average Bonchev–Trinajstić information content (AvgIpc) is 2.93. The van der Waals surface area contributed by atoms with Gasteiger partial charge < -0.3 is 10.6 Å². The predicted octanol–water partition coefficient (Wildman–Crippen LogP) is 3.49. The van der Waals surface area contributed by atoms with Crippen LogP contribution in [-0.4, -0.2) is 25.0 Å². The first-order valence-electron chi connectivity index (χ1n) is 9.20. The first kappa shape index (κ1) is 16.8. The Morgan fingerprint density at radius 3 is 2.71 bits per heavy atom. The number of unbranched alkanes of at least 4 members (excludes halogenated alkanes) is 1. The summed E-state index contributed by atoms with van der Waals surface area (Å²) in [6, 6.07) is 0.462. The zero-order valence-corrected chi connectivity index (χ0v) is 14.0. The van der Waals surface area contributed by atoms with E-state index in [0.29, 0.717) is 17.9 Å². The molecule has 3 nitrogen and oxygen atoms in total. The summed E-state index contributed by atoms with van der Waals surface area (Å²) in [7, 11) is 0. The average molecular weight is 294 g/mol. The minimum Gasteiger partial charge on any atom is -0.353 e. The molecule has 0 bridgehead atoms. The summed E-state index contributed by atoms with van der Waals surface area (Å²) in [6.07, 6.45) is 10.9. The van der Waals surface area contributed by atoms with Gasteiger partial charge in [-0.25, -0.2) is 0 Å². The molecule has 2 aliphatic rings. The van der Waals surface area contributed by atoms with E-state index in [9.17, 15) is 4.79 Å². The van der Waals surface area contributed by atoms with Crippen LogP contribution in [0.3, 0.4) is 0 Å². The van der Waals surface area contributed by atoms with Gasteiger partial charge in [0, 0.05) is 12.5 Å². The summed E-state index contributed by atoms with van der Waals surface area (Å²) in [4.78, 5) is 12.3. The molecule has 0 aromatic rings. The second-order valence-electron chi connectivity index (χ2n) is 7.28. The lowest BCUT2D eigenvalue weighted by Gasteiger charge is -2.28. The topological polar surface area (TPSA) is 41.1 Å². The first-order valence-corrected chi connectivity index (χ1v) is 9.20. The van der Waals surface area contributed by atoms with Crippen LogP contribution in [0.25, 0.3) is 0 Å². The highest BCUT2D eigenvalue weighted by atomic mass is 16.1. The molecule has 1 heterocycles. The highest BCUT2D eigenvalue weighted by Gasteiger charge is 2.29. The van der Waals surface area contributed by atoms with E-state index in [4.69, 9.17) is 0 Å². The van der Waals surface area contributed by atoms with Gasteiger partial charge in [0.05, 0.1) is 0 Å². The molecule has 0 aromatic heterocycles. The van der Waals surface area contributed by atoms with Gasteiger partial charge in [0.2, 0.25) is 5.91 Å². The van der Waals surface area contributed by atoms with Gasteiger partial charge >= 0.3 is 0 Å². The van der Waals surface area contributed by atoms with Gasteiger partial charge in [0.15, 0.2) is 0 Å². The summed E-state index contributed by atoms with van der Waals surface area (Å²) in [6.45, 7) is 6.76. The molecule has 3 atom stereocenters.